The summed E-state index contributed by atoms with van der Waals surface area (Å²) in [5, 5.41) is 6.23. The van der Waals surface area contributed by atoms with Crippen LogP contribution >= 0.6 is 11.3 Å². The number of nitrogens with one attached hydrogen (secondary N) is 1. The average Bonchev–Trinajstić information content (AvgIpc) is 2.86. The van der Waals surface area contributed by atoms with Gasteiger partial charge in [-0.2, -0.15) is 0 Å². The Kier molecular flexibility index (Phi) is 3.62. The molecule has 0 saturated heterocycles. The van der Waals surface area contributed by atoms with E-state index in [2.05, 4.69) is 24.9 Å². The highest BCUT2D eigenvalue weighted by atomic mass is 32.1. The minimum absolute atomic E-state index is 0.0619. The summed E-state index contributed by atoms with van der Waals surface area (Å²) in [6.07, 6.45) is 3.06. The number of allylic oxidation sites excluding steroid dienone is 1. The highest BCUT2D eigenvalue weighted by molar-refractivity contribution is 7.17. The van der Waals surface area contributed by atoms with Crippen molar-refractivity contribution in [3.8, 4) is 0 Å². The first-order valence-corrected chi connectivity index (χ1v) is 7.97. The molecule has 2 atom stereocenters. The van der Waals surface area contributed by atoms with Gasteiger partial charge in [0.2, 0.25) is 0 Å². The first-order chi connectivity index (χ1) is 9.65. The van der Waals surface area contributed by atoms with Crippen LogP contribution in [0.15, 0.2) is 41.8 Å². The lowest BCUT2D eigenvalue weighted by atomic mass is 9.83. The molecule has 3 rings (SSSR count). The Labute approximate surface area is 123 Å². The maximum atomic E-state index is 12.5. The third-order valence-corrected chi connectivity index (χ3v) is 5.11. The van der Waals surface area contributed by atoms with Crippen LogP contribution in [0.1, 0.15) is 36.5 Å². The molecule has 1 saturated carbocycles. The first kappa shape index (κ1) is 13.4. The van der Waals surface area contributed by atoms with Crippen molar-refractivity contribution in [2.45, 2.75) is 32.2 Å². The van der Waals surface area contributed by atoms with Gasteiger partial charge in [0, 0.05) is 21.5 Å². The molecule has 0 bridgehead atoms. The molecule has 0 spiro atoms. The molecule has 20 heavy (non-hydrogen) atoms. The van der Waals surface area contributed by atoms with E-state index in [9.17, 15) is 4.79 Å². The molecule has 2 aromatic rings. The number of amides is 1. The fraction of sp³-hybridized carbons (Fsp3) is 0.353. The third kappa shape index (κ3) is 2.50. The van der Waals surface area contributed by atoms with Gasteiger partial charge in [0.25, 0.3) is 5.91 Å². The Bertz CT molecular complexity index is 658. The van der Waals surface area contributed by atoms with Gasteiger partial charge in [0.05, 0.1) is 5.56 Å². The van der Waals surface area contributed by atoms with Crippen molar-refractivity contribution >= 4 is 27.3 Å². The Morgan fingerprint density at radius 2 is 2.20 bits per heavy atom. The molecule has 1 aliphatic rings. The van der Waals surface area contributed by atoms with Crippen LogP contribution in [-0.4, -0.2) is 11.9 Å². The molecule has 1 amide bonds. The van der Waals surface area contributed by atoms with E-state index in [0.717, 1.165) is 30.2 Å². The summed E-state index contributed by atoms with van der Waals surface area (Å²) in [6, 6.07) is 8.34. The minimum atomic E-state index is 0.0619. The van der Waals surface area contributed by atoms with Gasteiger partial charge in [0.1, 0.15) is 0 Å². The molecule has 1 heterocycles. The molecule has 0 radical (unpaired) electrons. The fourth-order valence-corrected chi connectivity index (χ4v) is 3.90. The Morgan fingerprint density at radius 1 is 1.40 bits per heavy atom. The number of carbonyl (C=O) groups is 1. The second-order valence-corrected chi connectivity index (χ2v) is 6.61. The predicted octanol–water partition coefficient (Wildman–Crippen LogP) is 4.38. The maximum Gasteiger partial charge on any atom is 0.252 e. The topological polar surface area (TPSA) is 29.1 Å². The molecule has 3 heteroatoms. The summed E-state index contributed by atoms with van der Waals surface area (Å²) in [5.41, 5.74) is 2.12. The van der Waals surface area contributed by atoms with Gasteiger partial charge in [-0.1, -0.05) is 37.3 Å². The zero-order valence-electron chi connectivity index (χ0n) is 11.7. The standard InChI is InChI=1S/C17H19NOS/c1-11-7-8-15(12(2)9-11)18-17(19)14-10-20-16-6-4-3-5-13(14)16/h3-6,10,12,15H,1,7-9H2,2H3,(H,18,19). The number of fused-ring (bicyclic) bond motifs is 1. The summed E-state index contributed by atoms with van der Waals surface area (Å²) >= 11 is 1.63. The smallest absolute Gasteiger partial charge is 0.252 e. The molecule has 1 aromatic carbocycles. The van der Waals surface area contributed by atoms with Gasteiger partial charge < -0.3 is 5.32 Å². The second-order valence-electron chi connectivity index (χ2n) is 5.70. The van der Waals surface area contributed by atoms with E-state index < -0.39 is 0 Å². The summed E-state index contributed by atoms with van der Waals surface area (Å²) < 4.78 is 1.17. The molecule has 1 aliphatic carbocycles. The van der Waals surface area contributed by atoms with Crippen molar-refractivity contribution in [2.75, 3.05) is 0 Å². The summed E-state index contributed by atoms with van der Waals surface area (Å²) in [7, 11) is 0. The summed E-state index contributed by atoms with van der Waals surface area (Å²) in [5.74, 6) is 0.539. The van der Waals surface area contributed by atoms with Crippen molar-refractivity contribution in [3.63, 3.8) is 0 Å². The van der Waals surface area contributed by atoms with Gasteiger partial charge in [-0.05, 0) is 31.2 Å². The monoisotopic (exact) mass is 285 g/mol. The normalized spacial score (nSPS) is 22.9. The van der Waals surface area contributed by atoms with Crippen LogP contribution < -0.4 is 5.32 Å². The molecular weight excluding hydrogens is 266 g/mol. The number of hydrogen-bond acceptors (Lipinski definition) is 2. The van der Waals surface area contributed by atoms with Gasteiger partial charge >= 0.3 is 0 Å². The van der Waals surface area contributed by atoms with Crippen LogP contribution in [0.3, 0.4) is 0 Å². The van der Waals surface area contributed by atoms with Gasteiger partial charge in [-0.15, -0.1) is 11.3 Å². The van der Waals surface area contributed by atoms with Crippen molar-refractivity contribution < 1.29 is 4.79 Å². The van der Waals surface area contributed by atoms with Gasteiger partial charge in [-0.25, -0.2) is 0 Å². The number of carbonyl (C=O) groups excluding carboxylic acids is 1. The van der Waals surface area contributed by atoms with Crippen LogP contribution in [0.25, 0.3) is 10.1 Å². The van der Waals surface area contributed by atoms with Gasteiger partial charge in [-0.3, -0.25) is 4.79 Å². The van der Waals surface area contributed by atoms with E-state index in [1.165, 1.54) is 10.3 Å². The van der Waals surface area contributed by atoms with Crippen molar-refractivity contribution in [2.24, 2.45) is 5.92 Å². The second kappa shape index (κ2) is 5.41. The number of hydrogen-bond donors (Lipinski definition) is 1. The predicted molar refractivity (Wildman–Crippen MR) is 85.2 cm³/mol. The minimum Gasteiger partial charge on any atom is -0.349 e. The highest BCUT2D eigenvalue weighted by Gasteiger charge is 2.25. The van der Waals surface area contributed by atoms with Crippen LogP contribution in [0.2, 0.25) is 0 Å². The first-order valence-electron chi connectivity index (χ1n) is 7.09. The third-order valence-electron chi connectivity index (χ3n) is 4.15. The highest BCUT2D eigenvalue weighted by Crippen LogP contribution is 2.29. The number of thiophene rings is 1. The zero-order chi connectivity index (χ0) is 14.1. The molecule has 2 nitrogen and oxygen atoms in total. The quantitative estimate of drug-likeness (QED) is 0.815. The lowest BCUT2D eigenvalue weighted by Crippen LogP contribution is -2.41. The van der Waals surface area contributed by atoms with Gasteiger partial charge in [0.15, 0.2) is 0 Å². The Morgan fingerprint density at radius 3 is 3.00 bits per heavy atom. The number of benzene rings is 1. The maximum absolute atomic E-state index is 12.5. The van der Waals surface area contributed by atoms with E-state index in [4.69, 9.17) is 0 Å². The van der Waals surface area contributed by atoms with Crippen LogP contribution in [0, 0.1) is 5.92 Å². The average molecular weight is 285 g/mol. The van der Waals surface area contributed by atoms with E-state index >= 15 is 0 Å². The van der Waals surface area contributed by atoms with Crippen LogP contribution in [0.5, 0.6) is 0 Å². The molecule has 1 fully saturated rings. The van der Waals surface area contributed by atoms with Crippen LogP contribution in [-0.2, 0) is 0 Å². The van der Waals surface area contributed by atoms with Crippen molar-refractivity contribution in [3.05, 3.63) is 47.4 Å². The lowest BCUT2D eigenvalue weighted by Gasteiger charge is -2.30. The van der Waals surface area contributed by atoms with E-state index in [1.54, 1.807) is 11.3 Å². The Hall–Kier alpha value is -1.61. The summed E-state index contributed by atoms with van der Waals surface area (Å²) in [4.78, 5) is 12.5. The lowest BCUT2D eigenvalue weighted by molar-refractivity contribution is 0.0918. The van der Waals surface area contributed by atoms with E-state index in [0.29, 0.717) is 5.92 Å². The molecule has 1 aromatic heterocycles. The number of rotatable bonds is 2. The van der Waals surface area contributed by atoms with Crippen molar-refractivity contribution in [1.29, 1.82) is 0 Å². The molecule has 1 N–H and O–H groups in total. The molecule has 2 unspecified atom stereocenters. The molecule has 104 valence electrons. The van der Waals surface area contributed by atoms with Crippen molar-refractivity contribution in [1.82, 2.24) is 5.32 Å². The fourth-order valence-electron chi connectivity index (χ4n) is 2.96. The molecule has 0 aliphatic heterocycles. The Balaban J connectivity index is 1.78. The van der Waals surface area contributed by atoms with E-state index in [-0.39, 0.29) is 11.9 Å². The molecular formula is C17H19NOS. The van der Waals surface area contributed by atoms with E-state index in [1.807, 2.05) is 23.6 Å². The summed E-state index contributed by atoms with van der Waals surface area (Å²) in [6.45, 7) is 6.25. The largest absolute Gasteiger partial charge is 0.349 e. The SMILES string of the molecule is C=C1CCC(NC(=O)c2csc3ccccc23)C(C)C1. The van der Waals surface area contributed by atoms with Crippen LogP contribution in [0.4, 0.5) is 0 Å². The zero-order valence-corrected chi connectivity index (χ0v) is 12.5.